The molecule has 0 aliphatic heterocycles. The summed E-state index contributed by atoms with van der Waals surface area (Å²) in [5.74, 6) is -0.612. The SMILES string of the molecule is CCc1ccc(Cl)c(CC)c1NC(=O)CCn1c(=O)oc2ccccc21. The largest absolute Gasteiger partial charge is 0.419 e. The Bertz CT molecular complexity index is 1000. The van der Waals surface area contributed by atoms with Gasteiger partial charge in [-0.15, -0.1) is 0 Å². The number of benzene rings is 2. The predicted octanol–water partition coefficient (Wildman–Crippen LogP) is 4.40. The molecule has 0 saturated carbocycles. The molecule has 0 aliphatic carbocycles. The fourth-order valence-corrected chi connectivity index (χ4v) is 3.40. The second-order valence-corrected chi connectivity index (χ2v) is 6.46. The number of oxazole rings is 1. The molecule has 1 amide bonds. The van der Waals surface area contributed by atoms with Crippen LogP contribution in [0, 0.1) is 0 Å². The lowest BCUT2D eigenvalue weighted by Crippen LogP contribution is -2.20. The van der Waals surface area contributed by atoms with Crippen LogP contribution >= 0.6 is 11.6 Å². The van der Waals surface area contributed by atoms with Gasteiger partial charge in [-0.1, -0.05) is 43.6 Å². The van der Waals surface area contributed by atoms with Gasteiger partial charge in [0.1, 0.15) is 0 Å². The van der Waals surface area contributed by atoms with Gasteiger partial charge in [0.05, 0.1) is 5.52 Å². The Morgan fingerprint density at radius 2 is 1.92 bits per heavy atom. The van der Waals surface area contributed by atoms with Gasteiger partial charge in [-0.3, -0.25) is 9.36 Å². The van der Waals surface area contributed by atoms with Crippen LogP contribution in [0.25, 0.3) is 11.1 Å². The maximum atomic E-state index is 12.5. The lowest BCUT2D eigenvalue weighted by atomic mass is 10.0. The van der Waals surface area contributed by atoms with Crippen molar-refractivity contribution < 1.29 is 9.21 Å². The van der Waals surface area contributed by atoms with E-state index in [2.05, 4.69) is 5.32 Å². The highest BCUT2D eigenvalue weighted by atomic mass is 35.5. The van der Waals surface area contributed by atoms with E-state index in [0.29, 0.717) is 16.1 Å². The standard InChI is InChI=1S/C20H21ClN2O3/c1-3-13-9-10-15(21)14(4-2)19(13)22-18(24)11-12-23-16-7-5-6-8-17(16)26-20(23)25/h5-10H,3-4,11-12H2,1-2H3,(H,22,24). The van der Waals surface area contributed by atoms with Crippen LogP contribution in [-0.2, 0) is 24.2 Å². The molecule has 1 aromatic heterocycles. The summed E-state index contributed by atoms with van der Waals surface area (Å²) in [6, 6.07) is 11.0. The molecule has 136 valence electrons. The lowest BCUT2D eigenvalue weighted by Gasteiger charge is -2.16. The highest BCUT2D eigenvalue weighted by molar-refractivity contribution is 6.32. The molecular weight excluding hydrogens is 352 g/mol. The number of aromatic nitrogens is 1. The Kier molecular flexibility index (Phi) is 5.47. The Hall–Kier alpha value is -2.53. The molecule has 3 rings (SSSR count). The van der Waals surface area contributed by atoms with Crippen LogP contribution in [0.5, 0.6) is 0 Å². The van der Waals surface area contributed by atoms with E-state index in [-0.39, 0.29) is 18.9 Å². The highest BCUT2D eigenvalue weighted by Gasteiger charge is 2.15. The molecule has 26 heavy (non-hydrogen) atoms. The van der Waals surface area contributed by atoms with Crippen LogP contribution in [0.3, 0.4) is 0 Å². The molecule has 5 nitrogen and oxygen atoms in total. The molecule has 0 spiro atoms. The molecule has 0 fully saturated rings. The molecule has 6 heteroatoms. The first-order valence-electron chi connectivity index (χ1n) is 8.73. The van der Waals surface area contributed by atoms with Crippen LogP contribution in [0.1, 0.15) is 31.4 Å². The molecule has 0 unspecified atom stereocenters. The van der Waals surface area contributed by atoms with E-state index in [9.17, 15) is 9.59 Å². The molecular formula is C20H21ClN2O3. The molecule has 0 bridgehead atoms. The van der Waals surface area contributed by atoms with Crippen LogP contribution in [0.2, 0.25) is 5.02 Å². The lowest BCUT2D eigenvalue weighted by molar-refractivity contribution is -0.116. The number of nitrogens with zero attached hydrogens (tertiary/aromatic N) is 1. The van der Waals surface area contributed by atoms with Gasteiger partial charge in [-0.2, -0.15) is 0 Å². The third kappa shape index (κ3) is 3.53. The van der Waals surface area contributed by atoms with Crippen molar-refractivity contribution in [1.29, 1.82) is 0 Å². The Labute approximate surface area is 156 Å². The maximum Gasteiger partial charge on any atom is 0.419 e. The van der Waals surface area contributed by atoms with Crippen molar-refractivity contribution in [1.82, 2.24) is 4.57 Å². The molecule has 0 aliphatic rings. The third-order valence-corrected chi connectivity index (χ3v) is 4.83. The number of para-hydroxylation sites is 2. The average Bonchev–Trinajstić information content (AvgIpc) is 2.95. The minimum atomic E-state index is -0.453. The molecule has 0 saturated heterocycles. The van der Waals surface area contributed by atoms with Gasteiger partial charge < -0.3 is 9.73 Å². The van der Waals surface area contributed by atoms with Gasteiger partial charge >= 0.3 is 5.76 Å². The summed E-state index contributed by atoms with van der Waals surface area (Å²) < 4.78 is 6.68. The van der Waals surface area contributed by atoms with E-state index in [1.165, 1.54) is 4.57 Å². The normalized spacial score (nSPS) is 11.0. The summed E-state index contributed by atoms with van der Waals surface area (Å²) in [5.41, 5.74) is 3.98. The first kappa shape index (κ1) is 18.3. The zero-order valence-electron chi connectivity index (χ0n) is 14.8. The van der Waals surface area contributed by atoms with Crippen molar-refractivity contribution in [3.63, 3.8) is 0 Å². The number of carbonyl (C=O) groups excluding carboxylic acids is 1. The third-order valence-electron chi connectivity index (χ3n) is 4.48. The second kappa shape index (κ2) is 7.79. The molecule has 0 radical (unpaired) electrons. The van der Waals surface area contributed by atoms with E-state index in [4.69, 9.17) is 16.0 Å². The van der Waals surface area contributed by atoms with E-state index in [1.807, 2.05) is 32.0 Å². The number of carbonyl (C=O) groups is 1. The predicted molar refractivity (Wildman–Crippen MR) is 104 cm³/mol. The number of halogens is 1. The van der Waals surface area contributed by atoms with Gasteiger partial charge in [-0.05, 0) is 42.2 Å². The summed E-state index contributed by atoms with van der Waals surface area (Å²) in [6.45, 7) is 4.30. The van der Waals surface area contributed by atoms with Crippen molar-refractivity contribution in [3.8, 4) is 0 Å². The number of hydrogen-bond acceptors (Lipinski definition) is 3. The van der Waals surface area contributed by atoms with Gasteiger partial charge in [0, 0.05) is 23.7 Å². The first-order valence-corrected chi connectivity index (χ1v) is 9.11. The second-order valence-electron chi connectivity index (χ2n) is 6.05. The van der Waals surface area contributed by atoms with E-state index < -0.39 is 5.76 Å². The number of nitrogens with one attached hydrogen (secondary N) is 1. The number of aryl methyl sites for hydroxylation is 2. The van der Waals surface area contributed by atoms with Crippen molar-refractivity contribution in [2.75, 3.05) is 5.32 Å². The smallest absolute Gasteiger partial charge is 0.408 e. The van der Waals surface area contributed by atoms with E-state index in [0.717, 1.165) is 29.7 Å². The van der Waals surface area contributed by atoms with Crippen molar-refractivity contribution in [2.24, 2.45) is 0 Å². The molecule has 2 aromatic carbocycles. The van der Waals surface area contributed by atoms with Crippen LogP contribution < -0.4 is 11.1 Å². The quantitative estimate of drug-likeness (QED) is 0.697. The maximum absolute atomic E-state index is 12.5. The number of hydrogen-bond donors (Lipinski definition) is 1. The van der Waals surface area contributed by atoms with Crippen LogP contribution in [0.15, 0.2) is 45.6 Å². The zero-order valence-corrected chi connectivity index (χ0v) is 15.6. The van der Waals surface area contributed by atoms with Gasteiger partial charge in [-0.25, -0.2) is 4.79 Å². The van der Waals surface area contributed by atoms with E-state index >= 15 is 0 Å². The number of anilines is 1. The summed E-state index contributed by atoms with van der Waals surface area (Å²) >= 11 is 6.28. The fraction of sp³-hybridized carbons (Fsp3) is 0.300. The fourth-order valence-electron chi connectivity index (χ4n) is 3.11. The molecule has 0 atom stereocenters. The van der Waals surface area contributed by atoms with Crippen molar-refractivity contribution >= 4 is 34.3 Å². The van der Waals surface area contributed by atoms with Crippen LogP contribution in [-0.4, -0.2) is 10.5 Å². The number of amides is 1. The Morgan fingerprint density at radius 3 is 2.65 bits per heavy atom. The summed E-state index contributed by atoms with van der Waals surface area (Å²) in [4.78, 5) is 24.5. The molecule has 3 aromatic rings. The summed E-state index contributed by atoms with van der Waals surface area (Å²) in [5, 5.41) is 3.63. The topological polar surface area (TPSA) is 64.2 Å². The summed E-state index contributed by atoms with van der Waals surface area (Å²) in [7, 11) is 0. The number of rotatable bonds is 6. The van der Waals surface area contributed by atoms with Crippen molar-refractivity contribution in [3.05, 3.63) is 63.1 Å². The zero-order chi connectivity index (χ0) is 18.7. The van der Waals surface area contributed by atoms with Crippen molar-refractivity contribution in [2.45, 2.75) is 39.7 Å². The molecule has 1 N–H and O–H groups in total. The summed E-state index contributed by atoms with van der Waals surface area (Å²) in [6.07, 6.45) is 1.70. The van der Waals surface area contributed by atoms with Gasteiger partial charge in [0.25, 0.3) is 0 Å². The minimum absolute atomic E-state index is 0.158. The van der Waals surface area contributed by atoms with Gasteiger partial charge in [0.2, 0.25) is 5.91 Å². The van der Waals surface area contributed by atoms with E-state index in [1.54, 1.807) is 18.2 Å². The molecule has 1 heterocycles. The first-order chi connectivity index (χ1) is 12.5. The Morgan fingerprint density at radius 1 is 1.15 bits per heavy atom. The number of fused-ring (bicyclic) bond motifs is 1. The average molecular weight is 373 g/mol. The highest BCUT2D eigenvalue weighted by Crippen LogP contribution is 2.29. The minimum Gasteiger partial charge on any atom is -0.408 e. The Balaban J connectivity index is 1.79. The monoisotopic (exact) mass is 372 g/mol. The van der Waals surface area contributed by atoms with Crippen LogP contribution in [0.4, 0.5) is 5.69 Å². The van der Waals surface area contributed by atoms with Gasteiger partial charge in [0.15, 0.2) is 5.58 Å².